The first-order chi connectivity index (χ1) is 16.1. The Morgan fingerprint density at radius 3 is 2.39 bits per heavy atom. The normalized spacial score (nSPS) is 21.5. The Balaban J connectivity index is 1.31. The number of urea groups is 1. The number of benzene rings is 1. The smallest absolute Gasteiger partial charge is 0.319 e. The van der Waals surface area contributed by atoms with Gasteiger partial charge in [-0.2, -0.15) is 0 Å². The highest BCUT2D eigenvalue weighted by Gasteiger charge is 2.29. The molecule has 1 unspecified atom stereocenters. The van der Waals surface area contributed by atoms with Gasteiger partial charge in [-0.1, -0.05) is 32.1 Å². The fraction of sp³-hybridized carbons (Fsp3) is 0.560. The zero-order valence-corrected chi connectivity index (χ0v) is 19.0. The average molecular weight is 452 g/mol. The van der Waals surface area contributed by atoms with Crippen LogP contribution in [0.5, 0.6) is 0 Å². The van der Waals surface area contributed by atoms with Crippen molar-refractivity contribution in [1.82, 2.24) is 20.5 Å². The second kappa shape index (κ2) is 9.45. The molecule has 176 valence electrons. The van der Waals surface area contributed by atoms with Gasteiger partial charge in [0, 0.05) is 41.6 Å². The molecule has 4 amide bonds. The number of carbonyl (C=O) groups excluding carboxylic acids is 3. The van der Waals surface area contributed by atoms with Crippen LogP contribution in [-0.2, 0) is 4.79 Å². The van der Waals surface area contributed by atoms with Crippen molar-refractivity contribution in [2.75, 3.05) is 11.9 Å². The molecule has 0 bridgehead atoms. The van der Waals surface area contributed by atoms with Crippen LogP contribution in [0, 0.1) is 0 Å². The van der Waals surface area contributed by atoms with Crippen molar-refractivity contribution < 1.29 is 14.4 Å². The van der Waals surface area contributed by atoms with Crippen LogP contribution >= 0.6 is 0 Å². The van der Waals surface area contributed by atoms with E-state index in [-0.39, 0.29) is 36.0 Å². The predicted molar refractivity (Wildman–Crippen MR) is 127 cm³/mol. The summed E-state index contributed by atoms with van der Waals surface area (Å²) in [6.45, 7) is 0.428. The lowest BCUT2D eigenvalue weighted by atomic mass is 9.96. The van der Waals surface area contributed by atoms with Crippen LogP contribution in [0.4, 0.5) is 10.5 Å². The molecule has 33 heavy (non-hydrogen) atoms. The third kappa shape index (κ3) is 4.84. The summed E-state index contributed by atoms with van der Waals surface area (Å²) in [5, 5.41) is 12.9. The monoisotopic (exact) mass is 451 g/mol. The Labute approximate surface area is 193 Å². The Kier molecular flexibility index (Phi) is 6.24. The van der Waals surface area contributed by atoms with Crippen LogP contribution in [0.25, 0.3) is 10.9 Å². The van der Waals surface area contributed by atoms with Gasteiger partial charge < -0.3 is 25.8 Å². The SMILES string of the molecule is O=C(CC1CNC(=O)c2cc3cc(NC(=O)NC4CCCCC4)ccc3n21)NC1CCCC1. The molecule has 1 aliphatic heterocycles. The number of hydrogen-bond donors (Lipinski definition) is 4. The molecular weight excluding hydrogens is 418 g/mol. The molecule has 2 aliphatic carbocycles. The average Bonchev–Trinajstić information content (AvgIpc) is 3.44. The summed E-state index contributed by atoms with van der Waals surface area (Å²) in [5.41, 5.74) is 2.14. The van der Waals surface area contributed by atoms with Gasteiger partial charge in [-0.05, 0) is 49.9 Å². The van der Waals surface area contributed by atoms with E-state index >= 15 is 0 Å². The molecule has 0 saturated heterocycles. The van der Waals surface area contributed by atoms with E-state index < -0.39 is 0 Å². The van der Waals surface area contributed by atoms with Crippen LogP contribution in [0.1, 0.15) is 80.7 Å². The minimum atomic E-state index is -0.190. The maximum Gasteiger partial charge on any atom is 0.319 e. The van der Waals surface area contributed by atoms with Crippen LogP contribution in [0.15, 0.2) is 24.3 Å². The molecule has 0 radical (unpaired) electrons. The molecule has 2 saturated carbocycles. The second-order valence-electron chi connectivity index (χ2n) is 9.72. The fourth-order valence-electron chi connectivity index (χ4n) is 5.61. The number of nitrogens with one attached hydrogen (secondary N) is 4. The van der Waals surface area contributed by atoms with E-state index in [2.05, 4.69) is 21.3 Å². The molecule has 4 N–H and O–H groups in total. The summed E-state index contributed by atoms with van der Waals surface area (Å²) in [7, 11) is 0. The molecule has 0 spiro atoms. The molecule has 2 fully saturated rings. The van der Waals surface area contributed by atoms with Gasteiger partial charge in [-0.3, -0.25) is 9.59 Å². The largest absolute Gasteiger partial charge is 0.353 e. The number of rotatable bonds is 5. The van der Waals surface area contributed by atoms with Crippen molar-refractivity contribution in [3.8, 4) is 0 Å². The summed E-state index contributed by atoms with van der Waals surface area (Å²) in [6.07, 6.45) is 10.4. The molecule has 5 rings (SSSR count). The third-order valence-corrected chi connectivity index (χ3v) is 7.27. The van der Waals surface area contributed by atoms with Gasteiger partial charge in [0.15, 0.2) is 0 Å². The lowest BCUT2D eigenvalue weighted by molar-refractivity contribution is -0.122. The van der Waals surface area contributed by atoms with Gasteiger partial charge in [0.25, 0.3) is 5.91 Å². The van der Waals surface area contributed by atoms with Crippen molar-refractivity contribution in [2.24, 2.45) is 0 Å². The third-order valence-electron chi connectivity index (χ3n) is 7.27. The summed E-state index contributed by atoms with van der Waals surface area (Å²) in [4.78, 5) is 37.6. The van der Waals surface area contributed by atoms with Crippen LogP contribution < -0.4 is 21.3 Å². The highest BCUT2D eigenvalue weighted by atomic mass is 16.2. The topological polar surface area (TPSA) is 104 Å². The number of aromatic nitrogens is 1. The van der Waals surface area contributed by atoms with E-state index in [0.29, 0.717) is 24.3 Å². The van der Waals surface area contributed by atoms with Crippen LogP contribution in [0.2, 0.25) is 0 Å². The highest BCUT2D eigenvalue weighted by Crippen LogP contribution is 2.30. The first-order valence-electron chi connectivity index (χ1n) is 12.4. The molecular formula is C25H33N5O3. The molecule has 8 nitrogen and oxygen atoms in total. The molecule has 2 aromatic rings. The molecule has 3 aliphatic rings. The maximum atomic E-state index is 12.7. The van der Waals surface area contributed by atoms with E-state index in [4.69, 9.17) is 0 Å². The zero-order valence-electron chi connectivity index (χ0n) is 19.0. The number of hydrogen-bond acceptors (Lipinski definition) is 3. The number of fused-ring (bicyclic) bond motifs is 3. The molecule has 1 aromatic carbocycles. The van der Waals surface area contributed by atoms with Crippen molar-refractivity contribution in [2.45, 2.75) is 82.3 Å². The maximum absolute atomic E-state index is 12.7. The quantitative estimate of drug-likeness (QED) is 0.555. The Morgan fingerprint density at radius 1 is 0.939 bits per heavy atom. The lowest BCUT2D eigenvalue weighted by Crippen LogP contribution is -2.42. The van der Waals surface area contributed by atoms with Gasteiger partial charge in [0.1, 0.15) is 5.69 Å². The van der Waals surface area contributed by atoms with E-state index in [9.17, 15) is 14.4 Å². The van der Waals surface area contributed by atoms with Crippen LogP contribution in [-0.4, -0.2) is 41.0 Å². The van der Waals surface area contributed by atoms with Crippen molar-refractivity contribution in [1.29, 1.82) is 0 Å². The lowest BCUT2D eigenvalue weighted by Gasteiger charge is -2.27. The number of carbonyl (C=O) groups is 3. The highest BCUT2D eigenvalue weighted by molar-refractivity contribution is 6.01. The Hall–Kier alpha value is -3.03. The van der Waals surface area contributed by atoms with Gasteiger partial charge >= 0.3 is 6.03 Å². The first kappa shape index (κ1) is 21.8. The molecule has 8 heteroatoms. The zero-order chi connectivity index (χ0) is 22.8. The van der Waals surface area contributed by atoms with E-state index in [1.165, 1.54) is 19.3 Å². The standard InChI is InChI=1S/C25H33N5O3/c31-23(27-17-8-4-5-9-17)14-20-15-26-24(32)22-13-16-12-19(10-11-21(16)30(20)22)29-25(33)28-18-6-2-1-3-7-18/h10-13,17-18,20H,1-9,14-15H2,(H,26,32)(H,27,31)(H2,28,29,33). The molecule has 1 aromatic heterocycles. The van der Waals surface area contributed by atoms with Crippen molar-refractivity contribution in [3.05, 3.63) is 30.0 Å². The van der Waals surface area contributed by atoms with Crippen molar-refractivity contribution >= 4 is 34.4 Å². The first-order valence-corrected chi connectivity index (χ1v) is 12.4. The predicted octanol–water partition coefficient (Wildman–Crippen LogP) is 3.83. The van der Waals surface area contributed by atoms with Crippen LogP contribution in [0.3, 0.4) is 0 Å². The Bertz CT molecular complexity index is 1050. The van der Waals surface area contributed by atoms with Crippen molar-refractivity contribution in [3.63, 3.8) is 0 Å². The molecule has 2 heterocycles. The van der Waals surface area contributed by atoms with E-state index in [1.54, 1.807) is 0 Å². The van der Waals surface area contributed by atoms with Gasteiger partial charge in [0.05, 0.1) is 6.04 Å². The van der Waals surface area contributed by atoms with Gasteiger partial charge in [-0.15, -0.1) is 0 Å². The van der Waals surface area contributed by atoms with Gasteiger partial charge in [0.2, 0.25) is 5.91 Å². The summed E-state index contributed by atoms with van der Waals surface area (Å²) in [5.74, 6) is -0.100. The van der Waals surface area contributed by atoms with E-state index in [0.717, 1.165) is 49.4 Å². The van der Waals surface area contributed by atoms with Gasteiger partial charge in [-0.25, -0.2) is 4.79 Å². The number of amides is 4. The molecule has 1 atom stereocenters. The minimum absolute atomic E-state index is 0.0357. The fourth-order valence-corrected chi connectivity index (χ4v) is 5.61. The minimum Gasteiger partial charge on any atom is -0.353 e. The Morgan fingerprint density at radius 2 is 1.64 bits per heavy atom. The van der Waals surface area contributed by atoms with E-state index in [1.807, 2.05) is 28.8 Å². The second-order valence-corrected chi connectivity index (χ2v) is 9.72. The summed E-state index contributed by atoms with van der Waals surface area (Å²) in [6, 6.07) is 7.72. The number of anilines is 1. The number of nitrogens with zero attached hydrogens (tertiary/aromatic N) is 1. The summed E-state index contributed by atoms with van der Waals surface area (Å²) < 4.78 is 1.98. The summed E-state index contributed by atoms with van der Waals surface area (Å²) >= 11 is 0.